The average Bonchev–Trinajstić information content (AvgIpc) is 1.62. The molecule has 0 heterocycles. The van der Waals surface area contributed by atoms with Crippen LogP contribution in [0.15, 0.2) is 0 Å². The van der Waals surface area contributed by atoms with E-state index in [0.717, 1.165) is 12.6 Å². The highest BCUT2D eigenvalue weighted by Gasteiger charge is 2.18. The number of rotatable bonds is 3. The smallest absolute Gasteiger partial charge is 0.209 e. The number of nitrogens with zero attached hydrogens (tertiary/aromatic N) is 1. The van der Waals surface area contributed by atoms with E-state index in [1.807, 2.05) is 13.1 Å². The van der Waals surface area contributed by atoms with Gasteiger partial charge in [-0.1, -0.05) is 13.1 Å². The lowest BCUT2D eigenvalue weighted by Crippen LogP contribution is -2.35. The molecule has 0 N–H and O–H groups in total. The molecule has 0 saturated carbocycles. The van der Waals surface area contributed by atoms with Crippen molar-refractivity contribution in [2.75, 3.05) is 13.2 Å². The van der Waals surface area contributed by atoms with Gasteiger partial charge in [-0.25, -0.2) is 0 Å². The summed E-state index contributed by atoms with van der Waals surface area (Å²) in [6.45, 7) is 4.02. The van der Waals surface area contributed by atoms with Crippen LogP contribution in [-0.2, 0) is 4.79 Å². The van der Waals surface area contributed by atoms with E-state index in [1.165, 1.54) is 0 Å². The molecular weight excluding hydrogens is 154 g/mol. The zero-order chi connectivity index (χ0) is 7.49. The van der Waals surface area contributed by atoms with Crippen molar-refractivity contribution in [2.45, 2.75) is 13.1 Å². The quantitative estimate of drug-likeness (QED) is 0.348. The van der Waals surface area contributed by atoms with Crippen LogP contribution in [0.2, 0.25) is 13.1 Å². The predicted molar refractivity (Wildman–Crippen MR) is 42.0 cm³/mol. The molecular formula is C5H12ClNOSi. The Morgan fingerprint density at radius 1 is 1.67 bits per heavy atom. The first kappa shape index (κ1) is 8.98. The summed E-state index contributed by atoms with van der Waals surface area (Å²) in [5.74, 6) is 0. The van der Waals surface area contributed by atoms with Crippen LogP contribution >= 0.6 is 11.1 Å². The lowest BCUT2D eigenvalue weighted by atomic mass is 11.0. The molecule has 0 saturated heterocycles. The van der Waals surface area contributed by atoms with Crippen molar-refractivity contribution < 1.29 is 4.79 Å². The molecule has 0 aliphatic carbocycles. The maximum Gasteiger partial charge on any atom is 0.209 e. The summed E-state index contributed by atoms with van der Waals surface area (Å²) >= 11 is 5.95. The van der Waals surface area contributed by atoms with Gasteiger partial charge in [-0.05, 0) is 0 Å². The summed E-state index contributed by atoms with van der Waals surface area (Å²) < 4.78 is 0. The maximum atomic E-state index is 10.1. The molecule has 0 aromatic rings. The first-order valence-electron chi connectivity index (χ1n) is 2.80. The molecule has 0 atom stereocenters. The van der Waals surface area contributed by atoms with Gasteiger partial charge in [0.25, 0.3) is 0 Å². The van der Waals surface area contributed by atoms with Crippen LogP contribution in [0.25, 0.3) is 0 Å². The van der Waals surface area contributed by atoms with Crippen molar-refractivity contribution in [3.05, 3.63) is 0 Å². The molecule has 0 fully saturated rings. The molecule has 0 radical (unpaired) electrons. The van der Waals surface area contributed by atoms with Crippen molar-refractivity contribution in [1.29, 1.82) is 0 Å². The van der Waals surface area contributed by atoms with E-state index in [0.29, 0.717) is 0 Å². The summed E-state index contributed by atoms with van der Waals surface area (Å²) in [5, 5.41) is 0. The zero-order valence-corrected chi connectivity index (χ0v) is 7.77. The van der Waals surface area contributed by atoms with Gasteiger partial charge in [0.05, 0.1) is 0 Å². The number of hydrogen-bond donors (Lipinski definition) is 0. The molecule has 0 unspecified atom stereocenters. The van der Waals surface area contributed by atoms with E-state index in [2.05, 4.69) is 0 Å². The third-order valence-electron chi connectivity index (χ3n) is 0.805. The third kappa shape index (κ3) is 5.85. The number of halogens is 1. The topological polar surface area (TPSA) is 20.3 Å². The largest absolute Gasteiger partial charge is 0.350 e. The molecule has 0 rings (SSSR count). The van der Waals surface area contributed by atoms with Gasteiger partial charge < -0.3 is 4.90 Å². The van der Waals surface area contributed by atoms with Crippen LogP contribution in [0, 0.1) is 0 Å². The predicted octanol–water partition coefficient (Wildman–Crippen LogP) is 1.06. The standard InChI is InChI=1S/C5H12ClNOSi/c1-7(4-8)5-9(2,3)6/h4H,5H2,1-3H3. The third-order valence-corrected chi connectivity index (χ3v) is 2.41. The molecule has 54 valence electrons. The molecule has 0 aliphatic heterocycles. The molecule has 0 aromatic carbocycles. The Morgan fingerprint density at radius 3 is 2.22 bits per heavy atom. The fourth-order valence-corrected chi connectivity index (χ4v) is 2.46. The maximum absolute atomic E-state index is 10.1. The Morgan fingerprint density at radius 2 is 2.11 bits per heavy atom. The van der Waals surface area contributed by atoms with Gasteiger partial charge in [0, 0.05) is 13.2 Å². The first-order valence-corrected chi connectivity index (χ1v) is 7.02. The van der Waals surface area contributed by atoms with Crippen LogP contribution in [-0.4, -0.2) is 31.9 Å². The second-order valence-corrected chi connectivity index (χ2v) is 9.56. The zero-order valence-electron chi connectivity index (χ0n) is 6.02. The minimum absolute atomic E-state index is 0.720. The summed E-state index contributed by atoms with van der Waals surface area (Å²) in [6.07, 6.45) is 1.52. The van der Waals surface area contributed by atoms with Crippen molar-refractivity contribution in [1.82, 2.24) is 4.90 Å². The normalized spacial score (nSPS) is 11.1. The van der Waals surface area contributed by atoms with Gasteiger partial charge in [0.15, 0.2) is 7.38 Å². The minimum atomic E-state index is -1.57. The summed E-state index contributed by atoms with van der Waals surface area (Å²) in [5.41, 5.74) is 0. The van der Waals surface area contributed by atoms with Crippen LogP contribution < -0.4 is 0 Å². The molecule has 0 aliphatic rings. The van der Waals surface area contributed by atoms with E-state index in [4.69, 9.17) is 11.1 Å². The minimum Gasteiger partial charge on any atom is -0.350 e. The molecule has 0 spiro atoms. The number of carbonyl (C=O) groups is 1. The molecule has 4 heteroatoms. The number of hydrogen-bond acceptors (Lipinski definition) is 1. The van der Waals surface area contributed by atoms with Gasteiger partial charge in [-0.2, -0.15) is 11.1 Å². The highest BCUT2D eigenvalue weighted by atomic mass is 35.6. The Hall–Kier alpha value is -0.0231. The second kappa shape index (κ2) is 3.22. The van der Waals surface area contributed by atoms with E-state index in [9.17, 15) is 4.79 Å². The molecule has 2 nitrogen and oxygen atoms in total. The van der Waals surface area contributed by atoms with E-state index in [-0.39, 0.29) is 0 Å². The fourth-order valence-electron chi connectivity index (χ4n) is 0.630. The van der Waals surface area contributed by atoms with Crippen molar-refractivity contribution in [3.63, 3.8) is 0 Å². The van der Waals surface area contributed by atoms with Gasteiger partial charge in [-0.3, -0.25) is 4.79 Å². The van der Waals surface area contributed by atoms with Crippen molar-refractivity contribution in [2.24, 2.45) is 0 Å². The molecule has 0 aromatic heterocycles. The first-order chi connectivity index (χ1) is 3.95. The second-order valence-electron chi connectivity index (χ2n) is 2.74. The van der Waals surface area contributed by atoms with Crippen molar-refractivity contribution in [3.8, 4) is 0 Å². The highest BCUT2D eigenvalue weighted by Crippen LogP contribution is 2.07. The van der Waals surface area contributed by atoms with E-state index in [1.54, 1.807) is 11.9 Å². The molecule has 9 heavy (non-hydrogen) atoms. The average molecular weight is 166 g/mol. The van der Waals surface area contributed by atoms with Gasteiger partial charge in [0.2, 0.25) is 6.41 Å². The Kier molecular flexibility index (Phi) is 3.21. The van der Waals surface area contributed by atoms with Crippen LogP contribution in [0.1, 0.15) is 0 Å². The Bertz CT molecular complexity index is 102. The molecule has 0 bridgehead atoms. The summed E-state index contributed by atoms with van der Waals surface area (Å²) in [4.78, 5) is 11.7. The van der Waals surface area contributed by atoms with Gasteiger partial charge >= 0.3 is 0 Å². The van der Waals surface area contributed by atoms with Crippen LogP contribution in [0.4, 0.5) is 0 Å². The van der Waals surface area contributed by atoms with Crippen LogP contribution in [0.5, 0.6) is 0 Å². The lowest BCUT2D eigenvalue weighted by molar-refractivity contribution is -0.116. The Labute approximate surface area is 61.5 Å². The Balaban J connectivity index is 3.59. The lowest BCUT2D eigenvalue weighted by Gasteiger charge is -2.18. The van der Waals surface area contributed by atoms with E-state index >= 15 is 0 Å². The fraction of sp³-hybridized carbons (Fsp3) is 0.800. The van der Waals surface area contributed by atoms with Gasteiger partial charge in [-0.15, -0.1) is 0 Å². The summed E-state index contributed by atoms with van der Waals surface area (Å²) in [6, 6.07) is 0. The van der Waals surface area contributed by atoms with Crippen molar-refractivity contribution >= 4 is 24.9 Å². The van der Waals surface area contributed by atoms with Crippen LogP contribution in [0.3, 0.4) is 0 Å². The molecule has 1 amide bonds. The SMILES string of the molecule is CN(C=O)C[Si](C)(C)Cl. The summed E-state index contributed by atoms with van der Waals surface area (Å²) in [7, 11) is 0.166. The number of amides is 1. The number of carbonyl (C=O) groups excluding carboxylic acids is 1. The highest BCUT2D eigenvalue weighted by molar-refractivity contribution is 7.19. The monoisotopic (exact) mass is 165 g/mol. The van der Waals surface area contributed by atoms with Gasteiger partial charge in [0.1, 0.15) is 0 Å². The van der Waals surface area contributed by atoms with E-state index < -0.39 is 7.38 Å².